The van der Waals surface area contributed by atoms with Crippen LogP contribution in [0, 0.1) is 6.92 Å². The lowest BCUT2D eigenvalue weighted by molar-refractivity contribution is -0.174. The Balaban J connectivity index is 1.75. The predicted octanol–water partition coefficient (Wildman–Crippen LogP) is 2.66. The highest BCUT2D eigenvalue weighted by molar-refractivity contribution is 5.84. The molecular weight excluding hydrogens is 388 g/mol. The molecule has 3 rings (SSSR count). The van der Waals surface area contributed by atoms with Gasteiger partial charge in [0, 0.05) is 6.07 Å². The highest BCUT2D eigenvalue weighted by Crippen LogP contribution is 2.31. The maximum Gasteiger partial charge on any atom is 0.278 e. The minimum atomic E-state index is -1.85. The first-order valence-electron chi connectivity index (χ1n) is 9.36. The van der Waals surface area contributed by atoms with Crippen LogP contribution in [0.25, 0.3) is 11.1 Å². The van der Waals surface area contributed by atoms with E-state index in [0.717, 1.165) is 16.7 Å². The van der Waals surface area contributed by atoms with Crippen LogP contribution < -0.4 is 5.48 Å². The standard InChI is InChI=1S/C22H24N2O6/c1-14-3-7-16(8-4-14)17-9-5-15(6-10-17)13-29-22(2,21(27)23-28)20(26)19-11-18(12-25)30-24-19/h3-11,20,25-26,28H,12-13H2,1-2H3,(H,23,27). The molecule has 2 unspecified atom stereocenters. The summed E-state index contributed by atoms with van der Waals surface area (Å²) in [5.41, 5.74) is 3.73. The molecule has 8 heteroatoms. The van der Waals surface area contributed by atoms with Crippen LogP contribution in [0.15, 0.2) is 59.1 Å². The molecule has 0 fully saturated rings. The number of nitrogens with zero attached hydrogens (tertiary/aromatic N) is 1. The van der Waals surface area contributed by atoms with E-state index in [2.05, 4.69) is 5.16 Å². The van der Waals surface area contributed by atoms with Crippen LogP contribution in [0.2, 0.25) is 0 Å². The van der Waals surface area contributed by atoms with E-state index in [0.29, 0.717) is 0 Å². The van der Waals surface area contributed by atoms with E-state index in [9.17, 15) is 9.90 Å². The number of amides is 1. The molecule has 3 aromatic rings. The second-order valence-electron chi connectivity index (χ2n) is 7.18. The summed E-state index contributed by atoms with van der Waals surface area (Å²) < 4.78 is 10.6. The topological polar surface area (TPSA) is 125 Å². The number of hydrogen-bond acceptors (Lipinski definition) is 7. The predicted molar refractivity (Wildman–Crippen MR) is 107 cm³/mol. The molecule has 30 heavy (non-hydrogen) atoms. The highest BCUT2D eigenvalue weighted by atomic mass is 16.5. The third-order valence-corrected chi connectivity index (χ3v) is 4.96. The number of hydroxylamine groups is 1. The fraction of sp³-hybridized carbons (Fsp3) is 0.273. The maximum absolute atomic E-state index is 12.3. The number of aromatic nitrogens is 1. The fourth-order valence-corrected chi connectivity index (χ4v) is 2.97. The number of carbonyl (C=O) groups excluding carboxylic acids is 1. The molecule has 0 aliphatic carbocycles. The molecule has 0 bridgehead atoms. The summed E-state index contributed by atoms with van der Waals surface area (Å²) in [5.74, 6) is -0.817. The summed E-state index contributed by atoms with van der Waals surface area (Å²) >= 11 is 0. The lowest BCUT2D eigenvalue weighted by Crippen LogP contribution is -2.50. The average Bonchev–Trinajstić information content (AvgIpc) is 3.26. The summed E-state index contributed by atoms with van der Waals surface area (Å²) in [6, 6.07) is 17.1. The molecule has 0 radical (unpaired) electrons. The zero-order valence-electron chi connectivity index (χ0n) is 16.7. The number of aliphatic hydroxyl groups is 2. The van der Waals surface area contributed by atoms with Crippen LogP contribution in [0.4, 0.5) is 0 Å². The summed E-state index contributed by atoms with van der Waals surface area (Å²) in [5, 5.41) is 32.5. The molecule has 0 spiro atoms. The van der Waals surface area contributed by atoms with Crippen molar-refractivity contribution >= 4 is 5.91 Å². The molecule has 0 saturated carbocycles. The maximum atomic E-state index is 12.3. The van der Waals surface area contributed by atoms with Gasteiger partial charge in [-0.2, -0.15) is 0 Å². The number of carbonyl (C=O) groups is 1. The second-order valence-corrected chi connectivity index (χ2v) is 7.18. The molecule has 2 atom stereocenters. The number of benzene rings is 2. The van der Waals surface area contributed by atoms with Crippen molar-refractivity contribution in [2.45, 2.75) is 38.8 Å². The van der Waals surface area contributed by atoms with E-state index in [-0.39, 0.29) is 18.1 Å². The van der Waals surface area contributed by atoms with Gasteiger partial charge in [0.05, 0.1) is 6.61 Å². The molecule has 4 N–H and O–H groups in total. The van der Waals surface area contributed by atoms with Gasteiger partial charge >= 0.3 is 0 Å². The second kappa shape index (κ2) is 9.19. The van der Waals surface area contributed by atoms with Crippen LogP contribution in [-0.4, -0.2) is 32.1 Å². The minimum absolute atomic E-state index is 0.000121. The van der Waals surface area contributed by atoms with E-state index < -0.39 is 24.2 Å². The third kappa shape index (κ3) is 4.58. The quantitative estimate of drug-likeness (QED) is 0.331. The normalized spacial score (nSPS) is 14.2. The van der Waals surface area contributed by atoms with Crippen molar-refractivity contribution in [3.8, 4) is 11.1 Å². The number of aliphatic hydroxyl groups excluding tert-OH is 2. The van der Waals surface area contributed by atoms with Gasteiger partial charge in [0.1, 0.15) is 18.4 Å². The largest absolute Gasteiger partial charge is 0.388 e. The summed E-state index contributed by atoms with van der Waals surface area (Å²) in [4.78, 5) is 12.3. The van der Waals surface area contributed by atoms with E-state index in [1.807, 2.05) is 55.5 Å². The van der Waals surface area contributed by atoms with Gasteiger partial charge in [0.2, 0.25) is 0 Å². The van der Waals surface area contributed by atoms with Crippen molar-refractivity contribution in [3.63, 3.8) is 0 Å². The molecule has 2 aromatic carbocycles. The first-order chi connectivity index (χ1) is 14.4. The van der Waals surface area contributed by atoms with Gasteiger partial charge in [-0.1, -0.05) is 59.3 Å². The van der Waals surface area contributed by atoms with Crippen molar-refractivity contribution in [1.82, 2.24) is 10.6 Å². The van der Waals surface area contributed by atoms with Gasteiger partial charge < -0.3 is 19.5 Å². The van der Waals surface area contributed by atoms with Crippen molar-refractivity contribution in [3.05, 3.63) is 77.2 Å². The lowest BCUT2D eigenvalue weighted by Gasteiger charge is -2.31. The Morgan fingerprint density at radius 1 is 1.17 bits per heavy atom. The zero-order chi connectivity index (χ0) is 21.7. The van der Waals surface area contributed by atoms with Crippen molar-refractivity contribution in [1.29, 1.82) is 0 Å². The van der Waals surface area contributed by atoms with Crippen LogP contribution in [0.3, 0.4) is 0 Å². The smallest absolute Gasteiger partial charge is 0.278 e. The van der Waals surface area contributed by atoms with Crippen molar-refractivity contribution in [2.24, 2.45) is 0 Å². The summed E-state index contributed by atoms with van der Waals surface area (Å²) in [6.07, 6.45) is -1.54. The molecule has 158 valence electrons. The lowest BCUT2D eigenvalue weighted by atomic mass is 9.95. The Kier molecular flexibility index (Phi) is 6.63. The summed E-state index contributed by atoms with van der Waals surface area (Å²) in [6.45, 7) is 2.95. The molecule has 1 heterocycles. The van der Waals surface area contributed by atoms with Gasteiger partial charge in [0.15, 0.2) is 11.4 Å². The van der Waals surface area contributed by atoms with Gasteiger partial charge in [0.25, 0.3) is 5.91 Å². The molecule has 0 aliphatic rings. The van der Waals surface area contributed by atoms with E-state index >= 15 is 0 Å². The molecule has 1 amide bonds. The third-order valence-electron chi connectivity index (χ3n) is 4.96. The highest BCUT2D eigenvalue weighted by Gasteiger charge is 2.44. The van der Waals surface area contributed by atoms with Gasteiger partial charge in [-0.25, -0.2) is 5.48 Å². The zero-order valence-corrected chi connectivity index (χ0v) is 16.7. The van der Waals surface area contributed by atoms with Crippen molar-refractivity contribution < 1.29 is 29.5 Å². The number of nitrogens with one attached hydrogen (secondary N) is 1. The SMILES string of the molecule is Cc1ccc(-c2ccc(COC(C)(C(=O)NO)C(O)c3cc(CO)on3)cc2)cc1. The van der Waals surface area contributed by atoms with Crippen molar-refractivity contribution in [2.75, 3.05) is 0 Å². The van der Waals surface area contributed by atoms with Crippen LogP contribution in [0.5, 0.6) is 0 Å². The van der Waals surface area contributed by atoms with Gasteiger partial charge in [-0.05, 0) is 30.5 Å². The Morgan fingerprint density at radius 3 is 2.30 bits per heavy atom. The number of hydrogen-bond donors (Lipinski definition) is 4. The molecular formula is C22H24N2O6. The first kappa shape index (κ1) is 21.7. The summed E-state index contributed by atoms with van der Waals surface area (Å²) in [7, 11) is 0. The Morgan fingerprint density at radius 2 is 1.77 bits per heavy atom. The van der Waals surface area contributed by atoms with E-state index in [1.54, 1.807) is 0 Å². The Bertz CT molecular complexity index is 984. The van der Waals surface area contributed by atoms with E-state index in [1.165, 1.54) is 24.0 Å². The first-order valence-corrected chi connectivity index (χ1v) is 9.36. The van der Waals surface area contributed by atoms with Crippen LogP contribution >= 0.6 is 0 Å². The Hall–Kier alpha value is -3.04. The molecule has 1 aromatic heterocycles. The Labute approximate surface area is 173 Å². The molecule has 8 nitrogen and oxygen atoms in total. The monoisotopic (exact) mass is 412 g/mol. The fourth-order valence-electron chi connectivity index (χ4n) is 2.97. The average molecular weight is 412 g/mol. The number of aryl methyl sites for hydroxylation is 1. The van der Waals surface area contributed by atoms with Crippen LogP contribution in [-0.2, 0) is 22.7 Å². The molecule has 0 aliphatic heterocycles. The van der Waals surface area contributed by atoms with Crippen LogP contribution in [0.1, 0.15) is 35.6 Å². The number of ether oxygens (including phenoxy) is 1. The minimum Gasteiger partial charge on any atom is -0.388 e. The molecule has 0 saturated heterocycles. The van der Waals surface area contributed by atoms with E-state index in [4.69, 9.17) is 19.6 Å². The van der Waals surface area contributed by atoms with Gasteiger partial charge in [-0.3, -0.25) is 10.0 Å². The number of rotatable bonds is 8. The van der Waals surface area contributed by atoms with Gasteiger partial charge in [-0.15, -0.1) is 0 Å².